The van der Waals surface area contributed by atoms with E-state index in [0.29, 0.717) is 33.3 Å². The van der Waals surface area contributed by atoms with Gasteiger partial charge in [-0.3, -0.25) is 4.79 Å². The fourth-order valence-electron chi connectivity index (χ4n) is 2.11. The zero-order chi connectivity index (χ0) is 17.5. The number of fused-ring (bicyclic) bond motifs is 1. The van der Waals surface area contributed by atoms with Gasteiger partial charge < -0.3 is 9.73 Å². The van der Waals surface area contributed by atoms with Crippen LogP contribution >= 0.6 is 46.4 Å². The largest absolute Gasteiger partial charge is 0.436 e. The molecule has 0 bridgehead atoms. The minimum atomic E-state index is -2.04. The summed E-state index contributed by atoms with van der Waals surface area (Å²) < 4.78 is 3.67. The van der Waals surface area contributed by atoms with Crippen molar-refractivity contribution in [2.24, 2.45) is 0 Å². The Morgan fingerprint density at radius 1 is 1.17 bits per heavy atom. The molecule has 124 valence electrons. The normalized spacial score (nSPS) is 11.7. The quantitative estimate of drug-likeness (QED) is 0.553. The van der Waals surface area contributed by atoms with Crippen molar-refractivity contribution in [1.29, 1.82) is 0 Å². The maximum absolute atomic E-state index is 11.9. The Balaban J connectivity index is 1.99. The standard InChI is InChI=1S/C16H10Cl4N2O2/c1-8-2-3-9(6-11(8)22-15(23)16(18,19)20)14-21-12-7-10(17)4-5-13(12)24-14/h2-7H,1H3,(H,22,23). The van der Waals surface area contributed by atoms with Gasteiger partial charge >= 0.3 is 0 Å². The van der Waals surface area contributed by atoms with E-state index in [1.807, 2.05) is 19.1 Å². The summed E-state index contributed by atoms with van der Waals surface area (Å²) in [5.41, 5.74) is 3.24. The number of alkyl halides is 3. The van der Waals surface area contributed by atoms with Gasteiger partial charge in [-0.15, -0.1) is 0 Å². The first-order valence-corrected chi connectivity index (χ1v) is 8.30. The molecule has 2 aromatic carbocycles. The predicted molar refractivity (Wildman–Crippen MR) is 98.1 cm³/mol. The maximum atomic E-state index is 11.9. The molecule has 1 heterocycles. The summed E-state index contributed by atoms with van der Waals surface area (Å²) in [5.74, 6) is -0.339. The molecule has 0 unspecified atom stereocenters. The Labute approximate surface area is 157 Å². The number of nitrogens with zero attached hydrogens (tertiary/aromatic N) is 1. The van der Waals surface area contributed by atoms with E-state index in [4.69, 9.17) is 50.8 Å². The second kappa shape index (κ2) is 6.45. The van der Waals surface area contributed by atoms with Crippen molar-refractivity contribution < 1.29 is 9.21 Å². The van der Waals surface area contributed by atoms with E-state index in [1.165, 1.54) is 0 Å². The van der Waals surface area contributed by atoms with E-state index in [1.54, 1.807) is 24.3 Å². The number of rotatable bonds is 2. The van der Waals surface area contributed by atoms with Gasteiger partial charge in [0.25, 0.3) is 9.70 Å². The minimum Gasteiger partial charge on any atom is -0.436 e. The highest BCUT2D eigenvalue weighted by Gasteiger charge is 2.31. The third-order valence-corrected chi connectivity index (χ3v) is 4.09. The summed E-state index contributed by atoms with van der Waals surface area (Å²) in [6.07, 6.45) is 0. The third-order valence-electron chi connectivity index (χ3n) is 3.34. The van der Waals surface area contributed by atoms with Gasteiger partial charge in [-0.25, -0.2) is 4.98 Å². The van der Waals surface area contributed by atoms with Crippen LogP contribution in [0.25, 0.3) is 22.6 Å². The molecule has 24 heavy (non-hydrogen) atoms. The lowest BCUT2D eigenvalue weighted by molar-refractivity contribution is -0.115. The number of aryl methyl sites for hydroxylation is 1. The van der Waals surface area contributed by atoms with E-state index < -0.39 is 9.70 Å². The van der Waals surface area contributed by atoms with Gasteiger partial charge in [0.15, 0.2) is 5.58 Å². The lowest BCUT2D eigenvalue weighted by Gasteiger charge is -2.13. The van der Waals surface area contributed by atoms with Crippen LogP contribution in [0.3, 0.4) is 0 Å². The molecule has 0 spiro atoms. The molecular formula is C16H10Cl4N2O2. The topological polar surface area (TPSA) is 55.1 Å². The summed E-state index contributed by atoms with van der Waals surface area (Å²) >= 11 is 22.7. The van der Waals surface area contributed by atoms with Crippen molar-refractivity contribution >= 4 is 69.1 Å². The number of halogens is 4. The van der Waals surface area contributed by atoms with Gasteiger partial charge in [0.1, 0.15) is 5.52 Å². The van der Waals surface area contributed by atoms with Gasteiger partial charge in [0, 0.05) is 16.3 Å². The van der Waals surface area contributed by atoms with Crippen molar-refractivity contribution in [1.82, 2.24) is 4.98 Å². The Hall–Kier alpha value is -1.46. The summed E-state index contributed by atoms with van der Waals surface area (Å²) in [6, 6.07) is 10.5. The molecule has 1 amide bonds. The average Bonchev–Trinajstić information content (AvgIpc) is 2.91. The van der Waals surface area contributed by atoms with E-state index >= 15 is 0 Å². The third kappa shape index (κ3) is 3.62. The van der Waals surface area contributed by atoms with Crippen LogP contribution in [0.5, 0.6) is 0 Å². The van der Waals surface area contributed by atoms with Gasteiger partial charge in [-0.2, -0.15) is 0 Å². The van der Waals surface area contributed by atoms with Crippen molar-refractivity contribution in [2.45, 2.75) is 10.7 Å². The highest BCUT2D eigenvalue weighted by Crippen LogP contribution is 2.31. The zero-order valence-electron chi connectivity index (χ0n) is 12.2. The van der Waals surface area contributed by atoms with Crippen LogP contribution in [-0.2, 0) is 4.79 Å². The molecule has 1 N–H and O–H groups in total. The van der Waals surface area contributed by atoms with Crippen molar-refractivity contribution in [3.8, 4) is 11.5 Å². The SMILES string of the molecule is Cc1ccc(-c2nc3cc(Cl)ccc3o2)cc1NC(=O)C(Cl)(Cl)Cl. The minimum absolute atomic E-state index is 0.400. The molecule has 3 aromatic rings. The molecule has 0 fully saturated rings. The Morgan fingerprint density at radius 3 is 2.62 bits per heavy atom. The van der Waals surface area contributed by atoms with Crippen LogP contribution in [-0.4, -0.2) is 14.7 Å². The summed E-state index contributed by atoms with van der Waals surface area (Å²) in [4.78, 5) is 16.3. The van der Waals surface area contributed by atoms with E-state index in [-0.39, 0.29) is 0 Å². The van der Waals surface area contributed by atoms with E-state index in [0.717, 1.165) is 5.56 Å². The molecule has 0 saturated carbocycles. The Morgan fingerprint density at radius 2 is 1.92 bits per heavy atom. The molecule has 4 nitrogen and oxygen atoms in total. The van der Waals surface area contributed by atoms with E-state index in [2.05, 4.69) is 10.3 Å². The number of carbonyl (C=O) groups is 1. The smallest absolute Gasteiger partial charge is 0.276 e. The molecular weight excluding hydrogens is 394 g/mol. The van der Waals surface area contributed by atoms with Crippen LogP contribution in [0.2, 0.25) is 5.02 Å². The summed E-state index contributed by atoms with van der Waals surface area (Å²) in [5, 5.41) is 3.15. The molecule has 0 aliphatic carbocycles. The fourth-order valence-corrected chi connectivity index (χ4v) is 2.42. The van der Waals surface area contributed by atoms with Crippen LogP contribution in [0, 0.1) is 6.92 Å². The first-order chi connectivity index (χ1) is 11.2. The first-order valence-electron chi connectivity index (χ1n) is 6.79. The number of hydrogen-bond acceptors (Lipinski definition) is 3. The first kappa shape index (κ1) is 17.4. The zero-order valence-corrected chi connectivity index (χ0v) is 15.3. The second-order valence-corrected chi connectivity index (χ2v) is 7.83. The molecule has 0 aliphatic heterocycles. The van der Waals surface area contributed by atoms with Crippen LogP contribution in [0.4, 0.5) is 5.69 Å². The average molecular weight is 404 g/mol. The molecule has 0 atom stereocenters. The predicted octanol–water partition coefficient (Wildman–Crippen LogP) is 5.77. The number of benzene rings is 2. The van der Waals surface area contributed by atoms with Crippen LogP contribution in [0.1, 0.15) is 5.56 Å². The number of anilines is 1. The maximum Gasteiger partial charge on any atom is 0.276 e. The molecule has 0 aliphatic rings. The molecule has 8 heteroatoms. The van der Waals surface area contributed by atoms with Crippen LogP contribution < -0.4 is 5.32 Å². The number of carbonyl (C=O) groups excluding carboxylic acids is 1. The number of amides is 1. The van der Waals surface area contributed by atoms with Crippen LogP contribution in [0.15, 0.2) is 40.8 Å². The highest BCUT2D eigenvalue weighted by atomic mass is 35.6. The summed E-state index contributed by atoms with van der Waals surface area (Å²) in [6.45, 7) is 1.82. The van der Waals surface area contributed by atoms with Gasteiger partial charge in [0.2, 0.25) is 5.89 Å². The molecule has 0 saturated heterocycles. The lowest BCUT2D eigenvalue weighted by Crippen LogP contribution is -2.27. The molecule has 0 radical (unpaired) electrons. The van der Waals surface area contributed by atoms with E-state index in [9.17, 15) is 4.79 Å². The Bertz CT molecular complexity index is 931. The number of hydrogen-bond donors (Lipinski definition) is 1. The van der Waals surface area contributed by atoms with Crippen molar-refractivity contribution in [2.75, 3.05) is 5.32 Å². The summed E-state index contributed by atoms with van der Waals surface area (Å²) in [7, 11) is 0. The Kier molecular flexibility index (Phi) is 4.67. The number of oxazole rings is 1. The highest BCUT2D eigenvalue weighted by molar-refractivity contribution is 6.76. The molecule has 3 rings (SSSR count). The van der Waals surface area contributed by atoms with Gasteiger partial charge in [-0.05, 0) is 42.8 Å². The number of nitrogens with one attached hydrogen (secondary N) is 1. The number of aromatic nitrogens is 1. The van der Waals surface area contributed by atoms with Crippen molar-refractivity contribution in [3.05, 3.63) is 47.0 Å². The monoisotopic (exact) mass is 402 g/mol. The lowest BCUT2D eigenvalue weighted by atomic mass is 10.1. The van der Waals surface area contributed by atoms with Crippen molar-refractivity contribution in [3.63, 3.8) is 0 Å². The molecule has 1 aromatic heterocycles. The van der Waals surface area contributed by atoms with Gasteiger partial charge in [-0.1, -0.05) is 52.5 Å². The van der Waals surface area contributed by atoms with Gasteiger partial charge in [0.05, 0.1) is 0 Å². The second-order valence-electron chi connectivity index (χ2n) is 5.11. The fraction of sp³-hybridized carbons (Fsp3) is 0.125.